The summed E-state index contributed by atoms with van der Waals surface area (Å²) in [5.41, 5.74) is 0.157. The molecule has 1 N–H and O–H groups in total. The van der Waals surface area contributed by atoms with Crippen LogP contribution in [0.1, 0.15) is 23.2 Å². The third kappa shape index (κ3) is 5.15. The Bertz CT molecular complexity index is 420. The quantitative estimate of drug-likeness (QED) is 0.431. The van der Waals surface area contributed by atoms with Gasteiger partial charge in [-0.1, -0.05) is 6.07 Å². The van der Waals surface area contributed by atoms with E-state index in [1.807, 2.05) is 0 Å². The fourth-order valence-electron chi connectivity index (χ4n) is 1.25. The van der Waals surface area contributed by atoms with Crippen LogP contribution in [0.5, 0.6) is 5.75 Å². The van der Waals surface area contributed by atoms with E-state index in [0.717, 1.165) is 0 Å². The van der Waals surface area contributed by atoms with Crippen molar-refractivity contribution < 1.29 is 24.6 Å². The van der Waals surface area contributed by atoms with Gasteiger partial charge in [0.05, 0.1) is 18.8 Å². The zero-order valence-electron chi connectivity index (χ0n) is 9.57. The lowest BCUT2D eigenvalue weighted by molar-refractivity contribution is -0.757. The predicted octanol–water partition coefficient (Wildman–Crippen LogP) is 1.75. The summed E-state index contributed by atoms with van der Waals surface area (Å²) in [5.74, 6) is -0.551. The predicted molar refractivity (Wildman–Crippen MR) is 61.1 cm³/mol. The van der Waals surface area contributed by atoms with Gasteiger partial charge in [-0.15, -0.1) is 10.1 Å². The van der Waals surface area contributed by atoms with E-state index in [9.17, 15) is 14.9 Å². The Morgan fingerprint density at radius 2 is 2.06 bits per heavy atom. The van der Waals surface area contributed by atoms with Crippen LogP contribution < -0.4 is 4.74 Å². The summed E-state index contributed by atoms with van der Waals surface area (Å²) < 4.78 is 5.32. The molecular formula is C11H13NO6. The van der Waals surface area contributed by atoms with E-state index in [0.29, 0.717) is 25.2 Å². The van der Waals surface area contributed by atoms with Crippen molar-refractivity contribution >= 4 is 5.97 Å². The van der Waals surface area contributed by atoms with Crippen LogP contribution in [0, 0.1) is 10.1 Å². The summed E-state index contributed by atoms with van der Waals surface area (Å²) in [5, 5.41) is 17.8. The maximum Gasteiger partial charge on any atom is 0.335 e. The minimum absolute atomic E-state index is 0.0333. The first-order valence-corrected chi connectivity index (χ1v) is 5.33. The molecule has 0 aliphatic carbocycles. The second-order valence-electron chi connectivity index (χ2n) is 3.45. The Morgan fingerprint density at radius 3 is 2.72 bits per heavy atom. The molecule has 1 aromatic carbocycles. The average Bonchev–Trinajstić information content (AvgIpc) is 2.33. The molecule has 98 valence electrons. The van der Waals surface area contributed by atoms with Crippen molar-refractivity contribution in [3.05, 3.63) is 39.9 Å². The van der Waals surface area contributed by atoms with E-state index in [1.54, 1.807) is 12.1 Å². The SMILES string of the molecule is O=C(O)c1cccc(OCCCCO[N+](=O)[O-])c1. The molecule has 7 heteroatoms. The second kappa shape index (κ2) is 7.10. The number of nitrogens with zero attached hydrogens (tertiary/aromatic N) is 1. The molecule has 0 heterocycles. The molecule has 0 saturated carbocycles. The van der Waals surface area contributed by atoms with Gasteiger partial charge in [-0.05, 0) is 31.0 Å². The number of rotatable bonds is 8. The van der Waals surface area contributed by atoms with E-state index >= 15 is 0 Å². The van der Waals surface area contributed by atoms with Crippen LogP contribution in [0.4, 0.5) is 0 Å². The molecule has 0 saturated heterocycles. The fraction of sp³-hybridized carbons (Fsp3) is 0.364. The minimum atomic E-state index is -1.01. The van der Waals surface area contributed by atoms with Crippen LogP contribution >= 0.6 is 0 Å². The Labute approximate surface area is 103 Å². The first-order chi connectivity index (χ1) is 8.59. The Hall–Kier alpha value is -2.31. The van der Waals surface area contributed by atoms with Gasteiger partial charge < -0.3 is 14.7 Å². The first kappa shape index (κ1) is 13.8. The molecular weight excluding hydrogens is 242 g/mol. The molecule has 0 radical (unpaired) electrons. The van der Waals surface area contributed by atoms with E-state index in [2.05, 4.69) is 4.84 Å². The largest absolute Gasteiger partial charge is 0.494 e. The molecule has 0 amide bonds. The molecule has 0 aliphatic rings. The summed E-state index contributed by atoms with van der Waals surface area (Å²) in [6.45, 7) is 0.385. The molecule has 0 fully saturated rings. The van der Waals surface area contributed by atoms with Crippen LogP contribution in [0.25, 0.3) is 0 Å². The number of aromatic carboxylic acids is 1. The molecule has 0 atom stereocenters. The van der Waals surface area contributed by atoms with Gasteiger partial charge in [0, 0.05) is 0 Å². The number of hydrogen-bond acceptors (Lipinski definition) is 5. The molecule has 7 nitrogen and oxygen atoms in total. The molecule has 0 aliphatic heterocycles. The monoisotopic (exact) mass is 255 g/mol. The average molecular weight is 255 g/mol. The van der Waals surface area contributed by atoms with Crippen molar-refractivity contribution in [1.29, 1.82) is 0 Å². The summed E-state index contributed by atoms with van der Waals surface area (Å²) in [6.07, 6.45) is 1.09. The molecule has 0 aromatic heterocycles. The zero-order chi connectivity index (χ0) is 13.4. The molecule has 0 spiro atoms. The summed E-state index contributed by atoms with van der Waals surface area (Å²) >= 11 is 0. The number of carbonyl (C=O) groups is 1. The number of carboxylic acids is 1. The van der Waals surface area contributed by atoms with E-state index < -0.39 is 11.1 Å². The molecule has 1 rings (SSSR count). The fourth-order valence-corrected chi connectivity index (χ4v) is 1.25. The summed E-state index contributed by atoms with van der Waals surface area (Å²) in [4.78, 5) is 24.7. The number of ether oxygens (including phenoxy) is 1. The topological polar surface area (TPSA) is 98.9 Å². The first-order valence-electron chi connectivity index (χ1n) is 5.33. The van der Waals surface area contributed by atoms with Crippen LogP contribution in [0.15, 0.2) is 24.3 Å². The Balaban J connectivity index is 2.25. The number of unbranched alkanes of at least 4 members (excludes halogenated alkanes) is 1. The maximum absolute atomic E-state index is 10.7. The number of benzene rings is 1. The van der Waals surface area contributed by atoms with Gasteiger partial charge >= 0.3 is 5.97 Å². The van der Waals surface area contributed by atoms with Crippen LogP contribution in [-0.2, 0) is 4.84 Å². The van der Waals surface area contributed by atoms with E-state index in [-0.39, 0.29) is 12.2 Å². The molecule has 0 bridgehead atoms. The van der Waals surface area contributed by atoms with Gasteiger partial charge in [0.1, 0.15) is 5.75 Å². The van der Waals surface area contributed by atoms with Crippen molar-refractivity contribution in [2.45, 2.75) is 12.8 Å². The van der Waals surface area contributed by atoms with Gasteiger partial charge in [-0.3, -0.25) is 0 Å². The van der Waals surface area contributed by atoms with Gasteiger partial charge in [0.25, 0.3) is 5.09 Å². The van der Waals surface area contributed by atoms with E-state index in [1.165, 1.54) is 12.1 Å². The van der Waals surface area contributed by atoms with Crippen molar-refractivity contribution in [3.8, 4) is 5.75 Å². The highest BCUT2D eigenvalue weighted by Gasteiger charge is 2.03. The van der Waals surface area contributed by atoms with Gasteiger partial charge in [0.15, 0.2) is 0 Å². The lowest BCUT2D eigenvalue weighted by atomic mass is 10.2. The third-order valence-electron chi connectivity index (χ3n) is 2.09. The van der Waals surface area contributed by atoms with Gasteiger partial charge in [0.2, 0.25) is 0 Å². The van der Waals surface area contributed by atoms with Crippen LogP contribution in [0.2, 0.25) is 0 Å². The van der Waals surface area contributed by atoms with Crippen molar-refractivity contribution in [2.75, 3.05) is 13.2 Å². The van der Waals surface area contributed by atoms with E-state index in [4.69, 9.17) is 9.84 Å². The maximum atomic E-state index is 10.7. The van der Waals surface area contributed by atoms with Gasteiger partial charge in [-0.25, -0.2) is 4.79 Å². The molecule has 1 aromatic rings. The lowest BCUT2D eigenvalue weighted by Crippen LogP contribution is -2.05. The van der Waals surface area contributed by atoms with Crippen molar-refractivity contribution in [3.63, 3.8) is 0 Å². The highest BCUT2D eigenvalue weighted by Crippen LogP contribution is 2.13. The molecule has 18 heavy (non-hydrogen) atoms. The Kier molecular flexibility index (Phi) is 5.43. The summed E-state index contributed by atoms with van der Waals surface area (Å²) in [7, 11) is 0. The zero-order valence-corrected chi connectivity index (χ0v) is 9.57. The van der Waals surface area contributed by atoms with Crippen LogP contribution in [-0.4, -0.2) is 29.4 Å². The smallest absolute Gasteiger partial charge is 0.335 e. The van der Waals surface area contributed by atoms with Crippen molar-refractivity contribution in [2.24, 2.45) is 0 Å². The lowest BCUT2D eigenvalue weighted by Gasteiger charge is -2.06. The van der Waals surface area contributed by atoms with Crippen LogP contribution in [0.3, 0.4) is 0 Å². The number of carboxylic acid groups (broad SMARTS) is 1. The third-order valence-corrected chi connectivity index (χ3v) is 2.09. The Morgan fingerprint density at radius 1 is 1.33 bits per heavy atom. The normalized spacial score (nSPS) is 9.78. The van der Waals surface area contributed by atoms with Crippen molar-refractivity contribution in [1.82, 2.24) is 0 Å². The van der Waals surface area contributed by atoms with Gasteiger partial charge in [-0.2, -0.15) is 0 Å². The standard InChI is InChI=1S/C11H13NO6/c13-11(14)9-4-3-5-10(8-9)17-6-1-2-7-18-12(15)16/h3-5,8H,1-2,6-7H2,(H,13,14). The highest BCUT2D eigenvalue weighted by molar-refractivity contribution is 5.87. The highest BCUT2D eigenvalue weighted by atomic mass is 16.9. The summed E-state index contributed by atoms with van der Waals surface area (Å²) in [6, 6.07) is 6.14. The molecule has 0 unspecified atom stereocenters. The number of hydrogen-bond donors (Lipinski definition) is 1. The second-order valence-corrected chi connectivity index (χ2v) is 3.45. The minimum Gasteiger partial charge on any atom is -0.494 e.